The van der Waals surface area contributed by atoms with Gasteiger partial charge in [-0.2, -0.15) is 5.10 Å². The summed E-state index contributed by atoms with van der Waals surface area (Å²) in [5, 5.41) is 28.3. The summed E-state index contributed by atoms with van der Waals surface area (Å²) in [4.78, 5) is 141. The van der Waals surface area contributed by atoms with E-state index >= 15 is 0 Å². The highest BCUT2D eigenvalue weighted by atomic mass is 16.2. The number of nitrogens with zero attached hydrogens (tertiary/aromatic N) is 4. The lowest BCUT2D eigenvalue weighted by atomic mass is 9.97. The summed E-state index contributed by atoms with van der Waals surface area (Å²) in [5.41, 5.74) is 4.28. The Bertz CT molecular complexity index is 2340. The van der Waals surface area contributed by atoms with Crippen LogP contribution in [0.2, 0.25) is 0 Å². The maximum atomic E-state index is 14.4. The number of hydrogen-bond donors (Lipinski definition) is 9. The molecule has 4 rings (SSSR count). The van der Waals surface area contributed by atoms with Crippen LogP contribution in [0.3, 0.4) is 0 Å². The van der Waals surface area contributed by atoms with Gasteiger partial charge in [0.1, 0.15) is 47.5 Å². The highest BCUT2D eigenvalue weighted by Crippen LogP contribution is 2.48. The van der Waals surface area contributed by atoms with Gasteiger partial charge in [0.15, 0.2) is 0 Å². The SMILES string of the molecule is CC(=O)N[C@H](C(=O)N[C@H]1CCCCN2C(=O)C23CC(=NN3c2ccc(N(C)C)cc2)C(=O)NCCCC[C@@H](C(=O)N[C@@H](CC(C)C)C(N)=O)NC(=O)[C@H](C(C)C)NC(=O)C(C)(C)NC(=O)[C@H](CC(C)C)NC1=O)C(C)C. The van der Waals surface area contributed by atoms with Crippen molar-refractivity contribution in [2.24, 2.45) is 34.5 Å². The minimum atomic E-state index is -1.67. The van der Waals surface area contributed by atoms with Gasteiger partial charge in [-0.15, -0.1) is 0 Å². The monoisotopic (exact) mass is 1060 g/mol. The van der Waals surface area contributed by atoms with E-state index in [2.05, 4.69) is 42.5 Å². The fraction of sp³-hybridized carbons (Fsp3) is 0.679. The number of primary amides is 1. The van der Waals surface area contributed by atoms with Crippen LogP contribution in [0.4, 0.5) is 11.4 Å². The normalized spacial score (nSPS) is 24.2. The number of nitrogens with one attached hydrogen (secondary N) is 8. The number of hydrogen-bond acceptors (Lipinski definition) is 13. The standard InChI is InChI=1S/C53H85N13O10/c1-29(2)26-38(43(54)68)59-45(70)36-18-14-16-24-55-44(69)40-28-53(66(63-40)35-22-20-34(21-23-35)64(12)13)51(76)65(53)25-17-15-19-37(57-48(73)41(31(5)6)56-33(9)67)46(71)60-39(27-30(3)4)47(72)62-52(10,11)50(75)61-42(32(7)8)49(74)58-36/h20-23,29-32,36-39,41-42H,14-19,24-28H2,1-13H3,(H2,54,68)(H,55,69)(H,56,67)(H,57,73)(H,58,74)(H,59,70)(H,60,71)(H,61,75)(H,62,72)/t36-,37-,38-,39-,41-,42-,53?,65?/m0/s1. The van der Waals surface area contributed by atoms with Gasteiger partial charge in [0.05, 0.1) is 12.1 Å². The van der Waals surface area contributed by atoms with Gasteiger partial charge >= 0.3 is 0 Å². The van der Waals surface area contributed by atoms with Crippen molar-refractivity contribution in [2.75, 3.05) is 37.1 Å². The molecule has 10 amide bonds. The van der Waals surface area contributed by atoms with Gasteiger partial charge in [-0.1, -0.05) is 55.4 Å². The summed E-state index contributed by atoms with van der Waals surface area (Å²) in [5.74, 6) is -7.21. The van der Waals surface area contributed by atoms with Crippen LogP contribution < -0.4 is 58.2 Å². The molecule has 7 atom stereocenters. The summed E-state index contributed by atoms with van der Waals surface area (Å²) in [7, 11) is 3.79. The van der Waals surface area contributed by atoms with Gasteiger partial charge in [-0.05, 0) is 113 Å². The van der Waals surface area contributed by atoms with Crippen molar-refractivity contribution in [3.63, 3.8) is 0 Å². The molecule has 10 N–H and O–H groups in total. The van der Waals surface area contributed by atoms with Crippen LogP contribution in [0, 0.1) is 23.7 Å². The van der Waals surface area contributed by atoms with Crippen molar-refractivity contribution >= 4 is 76.2 Å². The molecule has 422 valence electrons. The number of hydrazone groups is 1. The molecule has 3 aliphatic heterocycles. The zero-order chi connectivity index (χ0) is 57.0. The third kappa shape index (κ3) is 16.3. The molecule has 0 saturated carbocycles. The van der Waals surface area contributed by atoms with Crippen molar-refractivity contribution in [3.05, 3.63) is 24.3 Å². The first-order valence-corrected chi connectivity index (χ1v) is 26.7. The van der Waals surface area contributed by atoms with Gasteiger partial charge in [0, 0.05) is 39.8 Å². The van der Waals surface area contributed by atoms with Crippen LogP contribution in [-0.2, 0) is 47.9 Å². The predicted molar refractivity (Wildman–Crippen MR) is 288 cm³/mol. The molecule has 1 aromatic carbocycles. The van der Waals surface area contributed by atoms with Crippen LogP contribution in [0.15, 0.2) is 29.4 Å². The molecule has 1 spiro atoms. The Balaban J connectivity index is 1.74. The van der Waals surface area contributed by atoms with Crippen molar-refractivity contribution < 1.29 is 47.9 Å². The van der Waals surface area contributed by atoms with Gasteiger partial charge in [-0.3, -0.25) is 47.9 Å². The fourth-order valence-electron chi connectivity index (χ4n) is 9.28. The van der Waals surface area contributed by atoms with Crippen molar-refractivity contribution in [1.82, 2.24) is 47.4 Å². The number of carbonyl (C=O) groups excluding carboxylic acids is 10. The number of carbonyl (C=O) groups is 10. The molecule has 1 unspecified atom stereocenters. The number of amides is 10. The summed E-state index contributed by atoms with van der Waals surface area (Å²) < 4.78 is 0. The first-order chi connectivity index (χ1) is 35.5. The van der Waals surface area contributed by atoms with Gasteiger partial charge in [0.25, 0.3) is 11.8 Å². The molecular formula is C53H85N13O10. The topological polar surface area (TPSA) is 315 Å². The largest absolute Gasteiger partial charge is 0.378 e. The lowest BCUT2D eigenvalue weighted by Crippen LogP contribution is -2.64. The average Bonchev–Trinajstić information content (AvgIpc) is 3.65. The Morgan fingerprint density at radius 1 is 0.816 bits per heavy atom. The minimum absolute atomic E-state index is 0.0161. The molecule has 3 heterocycles. The number of rotatable bonds is 14. The van der Waals surface area contributed by atoms with Crippen LogP contribution in [0.1, 0.15) is 134 Å². The quantitative estimate of drug-likeness (QED) is 0.118. The maximum Gasteiger partial charge on any atom is 0.274 e. The van der Waals surface area contributed by atoms with Gasteiger partial charge < -0.3 is 58.1 Å². The van der Waals surface area contributed by atoms with E-state index in [4.69, 9.17) is 10.8 Å². The third-order valence-electron chi connectivity index (χ3n) is 13.7. The zero-order valence-electron chi connectivity index (χ0n) is 46.8. The van der Waals surface area contributed by atoms with E-state index in [0.29, 0.717) is 31.4 Å². The first-order valence-electron chi connectivity index (χ1n) is 26.7. The Labute approximate surface area is 447 Å². The Hall–Kier alpha value is -6.81. The molecule has 0 radical (unpaired) electrons. The van der Waals surface area contributed by atoms with E-state index in [-0.39, 0.29) is 74.6 Å². The highest BCUT2D eigenvalue weighted by Gasteiger charge is 2.70. The second-order valence-corrected chi connectivity index (χ2v) is 22.6. The Morgan fingerprint density at radius 3 is 2.03 bits per heavy atom. The summed E-state index contributed by atoms with van der Waals surface area (Å²) >= 11 is 0. The number of fused-ring (bicyclic) bond motifs is 1. The molecule has 2 bridgehead atoms. The number of nitrogens with two attached hydrogens (primary N) is 1. The highest BCUT2D eigenvalue weighted by molar-refractivity contribution is 6.41. The molecule has 2 fully saturated rings. The van der Waals surface area contributed by atoms with Crippen molar-refractivity contribution in [2.45, 2.75) is 181 Å². The summed E-state index contributed by atoms with van der Waals surface area (Å²) in [6.45, 7) is 18.8. The van der Waals surface area contributed by atoms with E-state index in [1.165, 1.54) is 20.8 Å². The van der Waals surface area contributed by atoms with Crippen LogP contribution >= 0.6 is 0 Å². The van der Waals surface area contributed by atoms with E-state index in [0.717, 1.165) is 5.69 Å². The van der Waals surface area contributed by atoms with E-state index in [1.807, 2.05) is 71.0 Å². The molecule has 0 aromatic heterocycles. The molecule has 2 saturated heterocycles. The Kier molecular flexibility index (Phi) is 21.8. The van der Waals surface area contributed by atoms with Gasteiger partial charge in [-0.25, -0.2) is 5.01 Å². The van der Waals surface area contributed by atoms with Crippen molar-refractivity contribution in [1.29, 1.82) is 0 Å². The number of benzene rings is 1. The molecule has 23 heteroatoms. The van der Waals surface area contributed by atoms with Crippen LogP contribution in [0.25, 0.3) is 0 Å². The molecule has 3 aliphatic rings. The third-order valence-corrected chi connectivity index (χ3v) is 13.7. The zero-order valence-corrected chi connectivity index (χ0v) is 46.8. The molecule has 76 heavy (non-hydrogen) atoms. The van der Waals surface area contributed by atoms with E-state index < -0.39 is 107 Å². The average molecular weight is 1060 g/mol. The molecule has 23 nitrogen and oxygen atoms in total. The second kappa shape index (κ2) is 26.8. The summed E-state index contributed by atoms with van der Waals surface area (Å²) in [6, 6.07) is 0.498. The lowest BCUT2D eigenvalue weighted by Gasteiger charge is -2.32. The smallest absolute Gasteiger partial charge is 0.274 e. The van der Waals surface area contributed by atoms with Crippen LogP contribution in [-0.4, -0.2) is 144 Å². The van der Waals surface area contributed by atoms with Gasteiger partial charge in [0.2, 0.25) is 52.9 Å². The fourth-order valence-corrected chi connectivity index (χ4v) is 9.28. The second-order valence-electron chi connectivity index (χ2n) is 22.6. The van der Waals surface area contributed by atoms with E-state index in [1.54, 1.807) is 37.6 Å². The number of anilines is 2. The van der Waals surface area contributed by atoms with Crippen molar-refractivity contribution in [3.8, 4) is 0 Å². The molecular weight excluding hydrogens is 979 g/mol. The molecule has 1 aromatic rings. The molecule has 0 aliphatic carbocycles. The minimum Gasteiger partial charge on any atom is -0.378 e. The lowest BCUT2D eigenvalue weighted by molar-refractivity contribution is -0.138. The van der Waals surface area contributed by atoms with E-state index in [9.17, 15) is 47.9 Å². The first kappa shape index (κ1) is 61.7. The van der Waals surface area contributed by atoms with Crippen LogP contribution in [0.5, 0.6) is 0 Å². The maximum absolute atomic E-state index is 14.4. The Morgan fingerprint density at radius 2 is 1.46 bits per heavy atom. The summed E-state index contributed by atoms with van der Waals surface area (Å²) in [6.07, 6.45) is 1.76. The predicted octanol–water partition coefficient (Wildman–Crippen LogP) is 1.04.